The van der Waals surface area contributed by atoms with E-state index < -0.39 is 11.5 Å². The van der Waals surface area contributed by atoms with E-state index in [-0.39, 0.29) is 11.8 Å². The zero-order chi connectivity index (χ0) is 23.2. The van der Waals surface area contributed by atoms with Gasteiger partial charge >= 0.3 is 0 Å². The van der Waals surface area contributed by atoms with E-state index in [1.807, 2.05) is 50.2 Å². The Morgan fingerprint density at radius 2 is 1.50 bits per heavy atom. The molecule has 2 amide bonds. The van der Waals surface area contributed by atoms with Gasteiger partial charge in [0.15, 0.2) is 0 Å². The monoisotopic (exact) mass is 473 g/mol. The van der Waals surface area contributed by atoms with Gasteiger partial charge in [0.2, 0.25) is 11.8 Å². The summed E-state index contributed by atoms with van der Waals surface area (Å²) < 4.78 is 0. The number of carbonyl (C=O) groups excluding carboxylic acids is 2. The molecule has 0 aromatic heterocycles. The van der Waals surface area contributed by atoms with E-state index in [1.54, 1.807) is 23.5 Å². The van der Waals surface area contributed by atoms with Gasteiger partial charge < -0.3 is 16.4 Å². The van der Waals surface area contributed by atoms with Crippen LogP contribution < -0.4 is 16.4 Å². The van der Waals surface area contributed by atoms with Crippen molar-refractivity contribution in [2.75, 3.05) is 24.6 Å². The molecule has 0 bridgehead atoms. The van der Waals surface area contributed by atoms with Crippen molar-refractivity contribution >= 4 is 35.3 Å². The highest BCUT2D eigenvalue weighted by atomic mass is 32.2. The van der Waals surface area contributed by atoms with Crippen molar-refractivity contribution in [1.29, 1.82) is 0 Å². The van der Waals surface area contributed by atoms with Crippen LogP contribution >= 0.6 is 23.5 Å². The SMILES string of the molecule is CC(C)(CSCc1ccccc1)C(=O)N[C@@H](CSCc1ccccc1)C(=O)NCCCN. The third kappa shape index (κ3) is 9.67. The van der Waals surface area contributed by atoms with Gasteiger partial charge in [0.1, 0.15) is 6.04 Å². The molecule has 0 aliphatic rings. The van der Waals surface area contributed by atoms with Crippen molar-refractivity contribution in [1.82, 2.24) is 10.6 Å². The standard InChI is InChI=1S/C25H35N3O2S2/c1-25(2,19-32-17-21-12-7-4-8-13-21)24(30)28-22(23(29)27-15-9-14-26)18-31-16-20-10-5-3-6-11-20/h3-8,10-13,22H,9,14-19,26H2,1-2H3,(H,27,29)(H,28,30)/t22-/m0/s1. The van der Waals surface area contributed by atoms with Crippen molar-refractivity contribution < 1.29 is 9.59 Å². The van der Waals surface area contributed by atoms with Crippen molar-refractivity contribution in [2.45, 2.75) is 37.8 Å². The summed E-state index contributed by atoms with van der Waals surface area (Å²) in [6, 6.07) is 19.8. The Morgan fingerprint density at radius 1 is 0.938 bits per heavy atom. The fraction of sp³-hybridized carbons (Fsp3) is 0.440. The van der Waals surface area contributed by atoms with Crippen LogP contribution in [0.5, 0.6) is 0 Å². The van der Waals surface area contributed by atoms with Gasteiger partial charge in [-0.15, -0.1) is 0 Å². The van der Waals surface area contributed by atoms with Gasteiger partial charge in [-0.2, -0.15) is 23.5 Å². The summed E-state index contributed by atoms with van der Waals surface area (Å²) in [6.45, 7) is 4.90. The molecule has 2 rings (SSSR count). The molecule has 1 atom stereocenters. The van der Waals surface area contributed by atoms with Crippen LogP contribution in [-0.2, 0) is 21.1 Å². The van der Waals surface area contributed by atoms with E-state index >= 15 is 0 Å². The highest BCUT2D eigenvalue weighted by molar-refractivity contribution is 7.98. The van der Waals surface area contributed by atoms with Gasteiger partial charge in [-0.05, 0) is 24.1 Å². The highest BCUT2D eigenvalue weighted by Gasteiger charge is 2.31. The number of nitrogens with two attached hydrogens (primary N) is 1. The van der Waals surface area contributed by atoms with Gasteiger partial charge in [-0.25, -0.2) is 0 Å². The van der Waals surface area contributed by atoms with Gasteiger partial charge in [0.05, 0.1) is 5.41 Å². The summed E-state index contributed by atoms with van der Waals surface area (Å²) in [5.74, 6) is 2.58. The number of benzene rings is 2. The second-order valence-electron chi connectivity index (χ2n) is 8.32. The Hall–Kier alpha value is -1.96. The van der Waals surface area contributed by atoms with Gasteiger partial charge in [0, 0.05) is 29.6 Å². The molecule has 174 valence electrons. The topological polar surface area (TPSA) is 84.2 Å². The average molecular weight is 474 g/mol. The molecule has 0 saturated carbocycles. The maximum atomic E-state index is 13.1. The van der Waals surface area contributed by atoms with E-state index in [4.69, 9.17) is 5.73 Å². The molecule has 0 saturated heterocycles. The zero-order valence-corrected chi connectivity index (χ0v) is 20.6. The van der Waals surface area contributed by atoms with Gasteiger partial charge in [0.25, 0.3) is 0 Å². The lowest BCUT2D eigenvalue weighted by molar-refractivity contribution is -0.132. The molecule has 5 nitrogen and oxygen atoms in total. The largest absolute Gasteiger partial charge is 0.354 e. The van der Waals surface area contributed by atoms with Crippen LogP contribution in [0.3, 0.4) is 0 Å². The molecule has 0 aliphatic carbocycles. The van der Waals surface area contributed by atoms with Gasteiger partial charge in [-0.3, -0.25) is 9.59 Å². The quantitative estimate of drug-likeness (QED) is 0.363. The smallest absolute Gasteiger partial charge is 0.243 e. The van der Waals surface area contributed by atoms with E-state index in [9.17, 15) is 9.59 Å². The Labute approximate surface area is 200 Å². The number of thioether (sulfide) groups is 2. The van der Waals surface area contributed by atoms with Crippen LogP contribution in [0.4, 0.5) is 0 Å². The zero-order valence-electron chi connectivity index (χ0n) is 19.0. The van der Waals surface area contributed by atoms with Crippen molar-refractivity contribution in [3.05, 3.63) is 71.8 Å². The Morgan fingerprint density at radius 3 is 2.06 bits per heavy atom. The molecule has 0 unspecified atom stereocenters. The molecule has 0 aliphatic heterocycles. The maximum absolute atomic E-state index is 13.1. The lowest BCUT2D eigenvalue weighted by atomic mass is 9.95. The van der Waals surface area contributed by atoms with E-state index in [2.05, 4.69) is 34.9 Å². The minimum absolute atomic E-state index is 0.0997. The molecule has 0 heterocycles. The minimum Gasteiger partial charge on any atom is -0.354 e. The lowest BCUT2D eigenvalue weighted by Crippen LogP contribution is -2.52. The van der Waals surface area contributed by atoms with E-state index in [0.29, 0.717) is 31.0 Å². The molecule has 2 aromatic carbocycles. The molecule has 0 radical (unpaired) electrons. The normalized spacial score (nSPS) is 12.2. The second kappa shape index (κ2) is 14.2. The van der Waals surface area contributed by atoms with Crippen LogP contribution in [-0.4, -0.2) is 42.5 Å². The van der Waals surface area contributed by atoms with Crippen LogP contribution in [0, 0.1) is 5.41 Å². The summed E-state index contributed by atoms with van der Waals surface area (Å²) in [5, 5.41) is 5.90. The first-order chi connectivity index (χ1) is 15.4. The molecule has 0 spiro atoms. The summed E-state index contributed by atoms with van der Waals surface area (Å²) >= 11 is 3.37. The maximum Gasteiger partial charge on any atom is 0.243 e. The first kappa shape index (κ1) is 26.3. The Bertz CT molecular complexity index is 816. The molecule has 2 aromatic rings. The molecule has 4 N–H and O–H groups in total. The Kier molecular flexibility index (Phi) is 11.7. The fourth-order valence-corrected chi connectivity index (χ4v) is 5.09. The van der Waals surface area contributed by atoms with Crippen molar-refractivity contribution in [2.24, 2.45) is 11.1 Å². The minimum atomic E-state index is -0.584. The summed E-state index contributed by atoms with van der Waals surface area (Å²) in [7, 11) is 0. The first-order valence-corrected chi connectivity index (χ1v) is 13.3. The third-order valence-electron chi connectivity index (χ3n) is 4.89. The molecule has 0 fully saturated rings. The first-order valence-electron chi connectivity index (χ1n) is 10.9. The predicted molar refractivity (Wildman–Crippen MR) is 138 cm³/mol. The molecule has 7 heteroatoms. The number of hydrogen-bond acceptors (Lipinski definition) is 5. The molecule has 32 heavy (non-hydrogen) atoms. The predicted octanol–water partition coefficient (Wildman–Crippen LogP) is 3.83. The third-order valence-corrected chi connectivity index (χ3v) is 7.46. The molecular weight excluding hydrogens is 438 g/mol. The lowest BCUT2D eigenvalue weighted by Gasteiger charge is -2.27. The number of amides is 2. The van der Waals surface area contributed by atoms with Crippen molar-refractivity contribution in [3.8, 4) is 0 Å². The Balaban J connectivity index is 1.90. The van der Waals surface area contributed by atoms with Crippen LogP contribution in [0.15, 0.2) is 60.7 Å². The number of rotatable bonds is 14. The number of hydrogen-bond donors (Lipinski definition) is 3. The molecular formula is C25H35N3O2S2. The van der Waals surface area contributed by atoms with Crippen molar-refractivity contribution in [3.63, 3.8) is 0 Å². The summed E-state index contributed by atoms with van der Waals surface area (Å²) in [5.41, 5.74) is 7.39. The summed E-state index contributed by atoms with van der Waals surface area (Å²) in [6.07, 6.45) is 0.713. The highest BCUT2D eigenvalue weighted by Crippen LogP contribution is 2.25. The van der Waals surface area contributed by atoms with Crippen LogP contribution in [0.25, 0.3) is 0 Å². The van der Waals surface area contributed by atoms with E-state index in [0.717, 1.165) is 11.5 Å². The van der Waals surface area contributed by atoms with E-state index in [1.165, 1.54) is 11.1 Å². The number of carbonyl (C=O) groups is 2. The fourth-order valence-electron chi connectivity index (χ4n) is 2.91. The van der Waals surface area contributed by atoms with Crippen LogP contribution in [0.2, 0.25) is 0 Å². The van der Waals surface area contributed by atoms with Crippen LogP contribution in [0.1, 0.15) is 31.4 Å². The average Bonchev–Trinajstić information content (AvgIpc) is 2.79. The van der Waals surface area contributed by atoms with Gasteiger partial charge in [-0.1, -0.05) is 74.5 Å². The summed E-state index contributed by atoms with van der Waals surface area (Å²) in [4.78, 5) is 25.8. The number of nitrogens with one attached hydrogen (secondary N) is 2. The second-order valence-corrected chi connectivity index (χ2v) is 10.3.